The minimum Gasteiger partial charge on any atom is -0.369 e. The lowest BCUT2D eigenvalue weighted by molar-refractivity contribution is 0.376. The summed E-state index contributed by atoms with van der Waals surface area (Å²) in [7, 11) is 0. The number of aromatic nitrogens is 2. The molecule has 2 aliphatic rings. The van der Waals surface area contributed by atoms with Gasteiger partial charge in [-0.2, -0.15) is 5.10 Å². The molecule has 1 unspecified atom stereocenters. The average Bonchev–Trinajstić information content (AvgIpc) is 3.25. The van der Waals surface area contributed by atoms with E-state index < -0.39 is 0 Å². The number of hydrogen-bond acceptors (Lipinski definition) is 2. The van der Waals surface area contributed by atoms with Gasteiger partial charge in [0, 0.05) is 12.1 Å². The maximum Gasteiger partial charge on any atom is 0.139 e. The van der Waals surface area contributed by atoms with Crippen molar-refractivity contribution in [1.29, 1.82) is 0 Å². The largest absolute Gasteiger partial charge is 0.369 e. The molecule has 1 saturated carbocycles. The van der Waals surface area contributed by atoms with Crippen LogP contribution in [0.1, 0.15) is 30.9 Å². The number of fused-ring (bicyclic) bond motifs is 1. The molecule has 0 radical (unpaired) electrons. The lowest BCUT2D eigenvalue weighted by Crippen LogP contribution is -2.24. The molecule has 4 rings (SSSR count). The molecular formula is C16H18BrN3. The van der Waals surface area contributed by atoms with E-state index in [1.165, 1.54) is 30.4 Å². The summed E-state index contributed by atoms with van der Waals surface area (Å²) in [6.45, 7) is 3.20. The zero-order valence-electron chi connectivity index (χ0n) is 11.6. The second-order valence-corrected chi connectivity index (χ2v) is 6.68. The van der Waals surface area contributed by atoms with Crippen molar-refractivity contribution in [3.8, 4) is 11.3 Å². The quantitative estimate of drug-likeness (QED) is 0.884. The van der Waals surface area contributed by atoms with Gasteiger partial charge in [0.1, 0.15) is 11.5 Å². The molecule has 1 aromatic carbocycles. The average molecular weight is 332 g/mol. The second-order valence-electron chi connectivity index (χ2n) is 5.89. The molecule has 20 heavy (non-hydrogen) atoms. The summed E-state index contributed by atoms with van der Waals surface area (Å²) in [5, 5.41) is 8.44. The van der Waals surface area contributed by atoms with E-state index in [-0.39, 0.29) is 0 Å². The third-order valence-electron chi connectivity index (χ3n) is 4.47. The Bertz CT molecular complexity index is 658. The van der Waals surface area contributed by atoms with Crippen LogP contribution in [0.3, 0.4) is 0 Å². The molecule has 1 aromatic heterocycles. The Morgan fingerprint density at radius 1 is 1.25 bits per heavy atom. The highest BCUT2D eigenvalue weighted by Crippen LogP contribution is 2.47. The molecule has 0 bridgehead atoms. The predicted molar refractivity (Wildman–Crippen MR) is 85.0 cm³/mol. The molecule has 2 heterocycles. The predicted octanol–water partition coefficient (Wildman–Crippen LogP) is 4.39. The van der Waals surface area contributed by atoms with Gasteiger partial charge in [-0.25, -0.2) is 4.68 Å². The molecule has 3 nitrogen and oxygen atoms in total. The molecule has 0 spiro atoms. The first-order valence-electron chi connectivity index (χ1n) is 7.33. The van der Waals surface area contributed by atoms with E-state index in [1.807, 2.05) is 0 Å². The zero-order valence-corrected chi connectivity index (χ0v) is 13.2. The van der Waals surface area contributed by atoms with Crippen molar-refractivity contribution in [3.05, 3.63) is 34.3 Å². The molecule has 1 fully saturated rings. The maximum absolute atomic E-state index is 4.93. The summed E-state index contributed by atoms with van der Waals surface area (Å²) in [4.78, 5) is 0. The topological polar surface area (TPSA) is 29.9 Å². The van der Waals surface area contributed by atoms with Crippen molar-refractivity contribution in [1.82, 2.24) is 9.78 Å². The molecule has 1 N–H and O–H groups in total. The van der Waals surface area contributed by atoms with E-state index in [2.05, 4.69) is 57.1 Å². The second kappa shape index (κ2) is 4.62. The van der Waals surface area contributed by atoms with E-state index in [1.54, 1.807) is 0 Å². The number of rotatable bonds is 2. The van der Waals surface area contributed by atoms with Crippen molar-refractivity contribution in [2.24, 2.45) is 5.92 Å². The van der Waals surface area contributed by atoms with Crippen molar-refractivity contribution < 1.29 is 0 Å². The van der Waals surface area contributed by atoms with Crippen LogP contribution in [0, 0.1) is 12.8 Å². The number of halogens is 1. The molecule has 1 atom stereocenters. The van der Waals surface area contributed by atoms with Crippen molar-refractivity contribution >= 4 is 21.7 Å². The monoisotopic (exact) mass is 331 g/mol. The smallest absolute Gasteiger partial charge is 0.139 e. The van der Waals surface area contributed by atoms with Gasteiger partial charge in [-0.15, -0.1) is 0 Å². The lowest BCUT2D eigenvalue weighted by atomic mass is 10.1. The highest BCUT2D eigenvalue weighted by molar-refractivity contribution is 9.10. The number of anilines is 1. The summed E-state index contributed by atoms with van der Waals surface area (Å²) >= 11 is 3.76. The molecule has 0 amide bonds. The van der Waals surface area contributed by atoms with Gasteiger partial charge in [0.15, 0.2) is 0 Å². The standard InChI is InChI=1S/C16H18BrN3/c1-10-4-2-3-5-12(10)15-14(17)16-18-9-8-13(11-6-7-11)20(16)19-15/h2-5,11,13,18H,6-9H2,1H3. The number of aryl methyl sites for hydroxylation is 1. The Kier molecular flexibility index (Phi) is 2.88. The van der Waals surface area contributed by atoms with Crippen molar-refractivity contribution in [2.45, 2.75) is 32.2 Å². The Morgan fingerprint density at radius 2 is 2.05 bits per heavy atom. The van der Waals surface area contributed by atoms with E-state index in [0.29, 0.717) is 6.04 Å². The number of benzene rings is 1. The van der Waals surface area contributed by atoms with Crippen LogP contribution in [0.25, 0.3) is 11.3 Å². The van der Waals surface area contributed by atoms with Crippen LogP contribution in [-0.4, -0.2) is 16.3 Å². The van der Waals surface area contributed by atoms with Crippen LogP contribution >= 0.6 is 15.9 Å². The number of nitrogens with one attached hydrogen (secondary N) is 1. The fourth-order valence-electron chi connectivity index (χ4n) is 3.20. The van der Waals surface area contributed by atoms with Crippen LogP contribution in [-0.2, 0) is 0 Å². The molecule has 1 aliphatic heterocycles. The van der Waals surface area contributed by atoms with Crippen LogP contribution in [0.15, 0.2) is 28.7 Å². The van der Waals surface area contributed by atoms with Gasteiger partial charge in [-0.3, -0.25) is 0 Å². The first-order chi connectivity index (χ1) is 9.75. The van der Waals surface area contributed by atoms with Gasteiger partial charge >= 0.3 is 0 Å². The lowest BCUT2D eigenvalue weighted by Gasteiger charge is -2.25. The first kappa shape index (κ1) is 12.5. The Balaban J connectivity index is 1.84. The molecule has 4 heteroatoms. The Labute approximate surface area is 127 Å². The Hall–Kier alpha value is -1.29. The van der Waals surface area contributed by atoms with Crippen LogP contribution in [0.2, 0.25) is 0 Å². The van der Waals surface area contributed by atoms with E-state index in [0.717, 1.165) is 28.4 Å². The zero-order chi connectivity index (χ0) is 13.7. The minimum absolute atomic E-state index is 0.584. The van der Waals surface area contributed by atoms with Crippen molar-refractivity contribution in [3.63, 3.8) is 0 Å². The third kappa shape index (κ3) is 1.89. The van der Waals surface area contributed by atoms with E-state index in [9.17, 15) is 0 Å². The maximum atomic E-state index is 4.93. The van der Waals surface area contributed by atoms with Gasteiger partial charge in [-0.05, 0) is 53.6 Å². The first-order valence-corrected chi connectivity index (χ1v) is 8.13. The minimum atomic E-state index is 0.584. The summed E-state index contributed by atoms with van der Waals surface area (Å²) in [6.07, 6.45) is 3.92. The normalized spacial score (nSPS) is 21.4. The summed E-state index contributed by atoms with van der Waals surface area (Å²) in [5.74, 6) is 2.00. The summed E-state index contributed by atoms with van der Waals surface area (Å²) in [5.41, 5.74) is 3.56. The van der Waals surface area contributed by atoms with Gasteiger partial charge < -0.3 is 5.32 Å². The van der Waals surface area contributed by atoms with E-state index in [4.69, 9.17) is 5.10 Å². The highest BCUT2D eigenvalue weighted by Gasteiger charge is 2.37. The van der Waals surface area contributed by atoms with Crippen LogP contribution in [0.4, 0.5) is 5.82 Å². The number of hydrogen-bond donors (Lipinski definition) is 1. The Morgan fingerprint density at radius 3 is 2.80 bits per heavy atom. The van der Waals surface area contributed by atoms with Crippen LogP contribution in [0.5, 0.6) is 0 Å². The summed E-state index contributed by atoms with van der Waals surface area (Å²) in [6, 6.07) is 9.04. The van der Waals surface area contributed by atoms with Gasteiger partial charge in [0.05, 0.1) is 10.5 Å². The fraction of sp³-hybridized carbons (Fsp3) is 0.438. The van der Waals surface area contributed by atoms with E-state index >= 15 is 0 Å². The molecule has 0 saturated heterocycles. The molecule has 2 aromatic rings. The summed E-state index contributed by atoms with van der Waals surface area (Å²) < 4.78 is 3.34. The SMILES string of the molecule is Cc1ccccc1-c1nn2c(c1Br)NCCC2C1CC1. The molecule has 1 aliphatic carbocycles. The highest BCUT2D eigenvalue weighted by atomic mass is 79.9. The molecular weight excluding hydrogens is 314 g/mol. The molecule has 104 valence electrons. The van der Waals surface area contributed by atoms with Gasteiger partial charge in [0.2, 0.25) is 0 Å². The fourth-order valence-corrected chi connectivity index (χ4v) is 3.82. The third-order valence-corrected chi connectivity index (χ3v) is 5.22. The van der Waals surface area contributed by atoms with Gasteiger partial charge in [-0.1, -0.05) is 24.3 Å². The van der Waals surface area contributed by atoms with Crippen LogP contribution < -0.4 is 5.32 Å². The van der Waals surface area contributed by atoms with Crippen molar-refractivity contribution in [2.75, 3.05) is 11.9 Å². The van der Waals surface area contributed by atoms with Gasteiger partial charge in [0.25, 0.3) is 0 Å². The number of nitrogens with zero attached hydrogens (tertiary/aromatic N) is 2.